The number of likely N-dealkylation sites (N-methyl/N-ethyl adjacent to an activating group) is 1. The lowest BCUT2D eigenvalue weighted by Gasteiger charge is -2.25. The summed E-state index contributed by atoms with van der Waals surface area (Å²) in [6, 6.07) is 5.92. The van der Waals surface area contributed by atoms with Crippen LogP contribution in [0.25, 0.3) is 0 Å². The lowest BCUT2D eigenvalue weighted by molar-refractivity contribution is -0.127. The summed E-state index contributed by atoms with van der Waals surface area (Å²) in [6.07, 6.45) is 0.961. The molecular formula is C16H21NO3. The van der Waals surface area contributed by atoms with E-state index in [0.717, 1.165) is 17.2 Å². The maximum Gasteiger partial charge on any atom is 0.250 e. The molecule has 4 heteroatoms. The Labute approximate surface area is 119 Å². The number of rotatable bonds is 4. The van der Waals surface area contributed by atoms with E-state index >= 15 is 0 Å². The molecule has 0 fully saturated rings. The molecule has 1 N–H and O–H groups in total. The molecule has 0 aliphatic carbocycles. The van der Waals surface area contributed by atoms with E-state index in [4.69, 9.17) is 0 Å². The lowest BCUT2D eigenvalue weighted by atomic mass is 9.99. The molecule has 0 saturated carbocycles. The van der Waals surface area contributed by atoms with Gasteiger partial charge in [0.05, 0.1) is 6.04 Å². The molecule has 1 unspecified atom stereocenters. The molecule has 1 rings (SSSR count). The van der Waals surface area contributed by atoms with E-state index in [9.17, 15) is 14.7 Å². The number of amides is 1. The highest BCUT2D eigenvalue weighted by molar-refractivity contribution is 5.99. The molecule has 1 aromatic rings. The molecule has 1 amide bonds. The third kappa shape index (κ3) is 3.70. The van der Waals surface area contributed by atoms with Crippen LogP contribution in [0, 0.1) is 13.8 Å². The van der Waals surface area contributed by atoms with Crippen LogP contribution in [0.1, 0.15) is 36.6 Å². The third-order valence-corrected chi connectivity index (χ3v) is 3.42. The van der Waals surface area contributed by atoms with Crippen LogP contribution < -0.4 is 0 Å². The van der Waals surface area contributed by atoms with Gasteiger partial charge < -0.3 is 10.0 Å². The maximum absolute atomic E-state index is 12.0. The van der Waals surface area contributed by atoms with Gasteiger partial charge in [0.15, 0.2) is 11.5 Å². The van der Waals surface area contributed by atoms with Crippen LogP contribution in [0.3, 0.4) is 0 Å². The third-order valence-electron chi connectivity index (χ3n) is 3.42. The first kappa shape index (κ1) is 16.0. The number of hydrogen-bond acceptors (Lipinski definition) is 3. The molecule has 4 nitrogen and oxygen atoms in total. The summed E-state index contributed by atoms with van der Waals surface area (Å²) >= 11 is 0. The van der Waals surface area contributed by atoms with Gasteiger partial charge >= 0.3 is 0 Å². The van der Waals surface area contributed by atoms with Crippen molar-refractivity contribution in [3.05, 3.63) is 46.7 Å². The Kier molecular flexibility index (Phi) is 5.08. The van der Waals surface area contributed by atoms with E-state index in [1.807, 2.05) is 32.9 Å². The molecule has 0 heterocycles. The van der Waals surface area contributed by atoms with Gasteiger partial charge in [0.1, 0.15) is 0 Å². The Morgan fingerprint density at radius 3 is 2.40 bits per heavy atom. The number of Topliss-reactive ketones (excluding diaryl/α,β-unsaturated/α-hetero) is 1. The molecular weight excluding hydrogens is 254 g/mol. The van der Waals surface area contributed by atoms with Crippen molar-refractivity contribution in [1.82, 2.24) is 4.90 Å². The van der Waals surface area contributed by atoms with Crippen molar-refractivity contribution in [3.8, 4) is 0 Å². The number of carbonyl (C=O) groups is 2. The van der Waals surface area contributed by atoms with Crippen LogP contribution >= 0.6 is 0 Å². The molecule has 1 atom stereocenters. The molecule has 0 saturated heterocycles. The molecule has 0 aliphatic heterocycles. The summed E-state index contributed by atoms with van der Waals surface area (Å²) < 4.78 is 0. The Hall–Kier alpha value is -2.10. The second-order valence-corrected chi connectivity index (χ2v) is 5.07. The highest BCUT2D eigenvalue weighted by Crippen LogP contribution is 2.23. The van der Waals surface area contributed by atoms with Crippen LogP contribution in [0.5, 0.6) is 0 Å². The Morgan fingerprint density at radius 2 is 1.90 bits per heavy atom. The van der Waals surface area contributed by atoms with Crippen molar-refractivity contribution in [2.45, 2.75) is 33.7 Å². The smallest absolute Gasteiger partial charge is 0.250 e. The summed E-state index contributed by atoms with van der Waals surface area (Å²) in [4.78, 5) is 24.4. The van der Waals surface area contributed by atoms with Gasteiger partial charge in [-0.1, -0.05) is 23.8 Å². The SMILES string of the molecule is CC(=O)/C(O)=C/C(=O)N(C)C(C)c1ccc(C)cc1C. The number of benzene rings is 1. The van der Waals surface area contributed by atoms with Crippen molar-refractivity contribution >= 4 is 11.7 Å². The zero-order valence-electron chi connectivity index (χ0n) is 12.6. The van der Waals surface area contributed by atoms with E-state index in [1.165, 1.54) is 17.4 Å². The van der Waals surface area contributed by atoms with Gasteiger partial charge in [0, 0.05) is 20.0 Å². The number of carbonyl (C=O) groups excluding carboxylic acids is 2. The summed E-state index contributed by atoms with van der Waals surface area (Å²) in [6.45, 7) is 7.14. The molecule has 20 heavy (non-hydrogen) atoms. The molecule has 0 aromatic heterocycles. The van der Waals surface area contributed by atoms with Crippen molar-refractivity contribution < 1.29 is 14.7 Å². The van der Waals surface area contributed by atoms with E-state index < -0.39 is 17.4 Å². The van der Waals surface area contributed by atoms with Crippen LogP contribution in [-0.2, 0) is 9.59 Å². The van der Waals surface area contributed by atoms with E-state index in [0.29, 0.717) is 0 Å². The van der Waals surface area contributed by atoms with Crippen molar-refractivity contribution in [2.24, 2.45) is 0 Å². The Bertz CT molecular complexity index is 561. The number of aryl methyl sites for hydroxylation is 2. The molecule has 0 spiro atoms. The average Bonchev–Trinajstić information content (AvgIpc) is 2.36. The second-order valence-electron chi connectivity index (χ2n) is 5.07. The zero-order chi connectivity index (χ0) is 15.4. The minimum absolute atomic E-state index is 0.140. The first-order valence-corrected chi connectivity index (χ1v) is 6.49. The highest BCUT2D eigenvalue weighted by atomic mass is 16.3. The van der Waals surface area contributed by atoms with E-state index in [2.05, 4.69) is 6.07 Å². The summed E-state index contributed by atoms with van der Waals surface area (Å²) in [5.74, 6) is -1.44. The van der Waals surface area contributed by atoms with Crippen molar-refractivity contribution in [3.63, 3.8) is 0 Å². The van der Waals surface area contributed by atoms with E-state index in [1.54, 1.807) is 7.05 Å². The molecule has 0 bridgehead atoms. The fraction of sp³-hybridized carbons (Fsp3) is 0.375. The van der Waals surface area contributed by atoms with Gasteiger partial charge in [-0.15, -0.1) is 0 Å². The van der Waals surface area contributed by atoms with Gasteiger partial charge in [0.2, 0.25) is 0 Å². The van der Waals surface area contributed by atoms with Crippen LogP contribution in [-0.4, -0.2) is 28.7 Å². The Morgan fingerprint density at radius 1 is 1.30 bits per heavy atom. The first-order valence-electron chi connectivity index (χ1n) is 6.49. The molecule has 0 aliphatic rings. The lowest BCUT2D eigenvalue weighted by Crippen LogP contribution is -2.29. The van der Waals surface area contributed by atoms with Gasteiger partial charge in [-0.2, -0.15) is 0 Å². The maximum atomic E-state index is 12.0. The fourth-order valence-electron chi connectivity index (χ4n) is 2.01. The van der Waals surface area contributed by atoms with Crippen LogP contribution in [0.15, 0.2) is 30.0 Å². The minimum Gasteiger partial charge on any atom is -0.504 e. The highest BCUT2D eigenvalue weighted by Gasteiger charge is 2.18. The Balaban J connectivity index is 2.96. The van der Waals surface area contributed by atoms with Crippen LogP contribution in [0.4, 0.5) is 0 Å². The molecule has 108 valence electrons. The number of allylic oxidation sites excluding steroid dienone is 1. The molecule has 0 radical (unpaired) electrons. The van der Waals surface area contributed by atoms with Crippen molar-refractivity contribution in [1.29, 1.82) is 0 Å². The number of aliphatic hydroxyl groups excluding tert-OH is 1. The topological polar surface area (TPSA) is 57.6 Å². The van der Waals surface area contributed by atoms with Gasteiger partial charge in [-0.05, 0) is 31.9 Å². The minimum atomic E-state index is -0.522. The normalized spacial score (nSPS) is 12.9. The standard InChI is InChI=1S/C16H21NO3/c1-10-6-7-14(11(2)8-10)12(3)17(5)16(20)9-15(19)13(4)18/h6-9,12,19H,1-5H3/b15-9-. The predicted molar refractivity (Wildman–Crippen MR) is 78.5 cm³/mol. The van der Waals surface area contributed by atoms with Gasteiger partial charge in [0.25, 0.3) is 5.91 Å². The summed E-state index contributed by atoms with van der Waals surface area (Å²) in [7, 11) is 1.65. The predicted octanol–water partition coefficient (Wildman–Crippen LogP) is 2.85. The number of nitrogens with zero attached hydrogens (tertiary/aromatic N) is 1. The van der Waals surface area contributed by atoms with Crippen LogP contribution in [0.2, 0.25) is 0 Å². The van der Waals surface area contributed by atoms with Gasteiger partial charge in [-0.25, -0.2) is 0 Å². The number of aliphatic hydroxyl groups is 1. The van der Waals surface area contributed by atoms with Gasteiger partial charge in [-0.3, -0.25) is 9.59 Å². The van der Waals surface area contributed by atoms with Crippen molar-refractivity contribution in [2.75, 3.05) is 7.05 Å². The second kappa shape index (κ2) is 6.37. The quantitative estimate of drug-likeness (QED) is 0.679. The fourth-order valence-corrected chi connectivity index (χ4v) is 2.01. The number of hydrogen-bond donors (Lipinski definition) is 1. The van der Waals surface area contributed by atoms with E-state index in [-0.39, 0.29) is 6.04 Å². The largest absolute Gasteiger partial charge is 0.504 e. The monoisotopic (exact) mass is 275 g/mol. The first-order chi connectivity index (χ1) is 9.23. The average molecular weight is 275 g/mol. The summed E-state index contributed by atoms with van der Waals surface area (Å²) in [5, 5.41) is 9.35. The molecule has 1 aromatic carbocycles. The zero-order valence-corrected chi connectivity index (χ0v) is 12.6. The number of ketones is 1. The summed E-state index contributed by atoms with van der Waals surface area (Å²) in [5.41, 5.74) is 3.32.